The molecule has 1 aromatic carbocycles. The van der Waals surface area contributed by atoms with Gasteiger partial charge in [0.1, 0.15) is 5.60 Å². The highest BCUT2D eigenvalue weighted by Gasteiger charge is 2.19. The summed E-state index contributed by atoms with van der Waals surface area (Å²) in [6.45, 7) is 5.55. The fourth-order valence-electron chi connectivity index (χ4n) is 1.31. The normalized spacial score (nSPS) is 10.4. The van der Waals surface area contributed by atoms with Gasteiger partial charge in [-0.3, -0.25) is 0 Å². The summed E-state index contributed by atoms with van der Waals surface area (Å²) in [5, 5.41) is 0.828. The van der Waals surface area contributed by atoms with Gasteiger partial charge in [0.15, 0.2) is 0 Å². The molecule has 0 unspecified atom stereocenters. The Labute approximate surface area is 117 Å². The first-order valence-corrected chi connectivity index (χ1v) is 6.93. The molecular formula is C15H17BrO2. The van der Waals surface area contributed by atoms with Crippen molar-refractivity contribution < 1.29 is 9.53 Å². The molecule has 0 amide bonds. The molecule has 0 bridgehead atoms. The number of halogens is 1. The highest BCUT2D eigenvalue weighted by Crippen LogP contribution is 2.15. The average Bonchev–Trinajstić information content (AvgIpc) is 2.27. The van der Waals surface area contributed by atoms with E-state index >= 15 is 0 Å². The van der Waals surface area contributed by atoms with Crippen molar-refractivity contribution in [2.75, 3.05) is 5.33 Å². The van der Waals surface area contributed by atoms with Crippen LogP contribution in [0.4, 0.5) is 0 Å². The maximum atomic E-state index is 12.0. The van der Waals surface area contributed by atoms with Crippen LogP contribution in [0.25, 0.3) is 0 Å². The zero-order valence-electron chi connectivity index (χ0n) is 10.9. The minimum absolute atomic E-state index is 0.328. The Morgan fingerprint density at radius 2 is 2.00 bits per heavy atom. The molecule has 0 spiro atoms. The van der Waals surface area contributed by atoms with Crippen molar-refractivity contribution in [3.63, 3.8) is 0 Å². The van der Waals surface area contributed by atoms with Gasteiger partial charge in [-0.1, -0.05) is 39.9 Å². The first-order valence-electron chi connectivity index (χ1n) is 5.81. The second-order valence-corrected chi connectivity index (χ2v) is 5.58. The van der Waals surface area contributed by atoms with Crippen molar-refractivity contribution in [2.45, 2.75) is 32.8 Å². The molecule has 0 aromatic heterocycles. The SMILES string of the molecule is CC(C)(C)OC(=O)c1ccccc1C#CCCBr. The molecule has 18 heavy (non-hydrogen) atoms. The van der Waals surface area contributed by atoms with Crippen LogP contribution in [0.2, 0.25) is 0 Å². The van der Waals surface area contributed by atoms with Gasteiger partial charge in [-0.15, -0.1) is 0 Å². The number of rotatable bonds is 2. The maximum Gasteiger partial charge on any atom is 0.339 e. The quantitative estimate of drug-likeness (QED) is 0.472. The molecule has 0 fully saturated rings. The van der Waals surface area contributed by atoms with Gasteiger partial charge in [-0.25, -0.2) is 4.79 Å². The topological polar surface area (TPSA) is 26.3 Å². The minimum atomic E-state index is -0.493. The Bertz CT molecular complexity index is 475. The summed E-state index contributed by atoms with van der Waals surface area (Å²) in [4.78, 5) is 12.0. The zero-order chi connectivity index (χ0) is 13.6. The molecule has 0 heterocycles. The van der Waals surface area contributed by atoms with Crippen LogP contribution in [0.3, 0.4) is 0 Å². The molecule has 0 saturated heterocycles. The molecule has 1 rings (SSSR count). The van der Waals surface area contributed by atoms with Crippen LogP contribution >= 0.6 is 15.9 Å². The third kappa shape index (κ3) is 4.93. The van der Waals surface area contributed by atoms with E-state index in [4.69, 9.17) is 4.74 Å². The van der Waals surface area contributed by atoms with Gasteiger partial charge in [0.05, 0.1) is 5.56 Å². The number of carbonyl (C=O) groups excluding carboxylic acids is 1. The van der Waals surface area contributed by atoms with Crippen LogP contribution in [0, 0.1) is 11.8 Å². The van der Waals surface area contributed by atoms with Gasteiger partial charge in [0.2, 0.25) is 0 Å². The van der Waals surface area contributed by atoms with E-state index in [1.165, 1.54) is 0 Å². The highest BCUT2D eigenvalue weighted by atomic mass is 79.9. The summed E-state index contributed by atoms with van der Waals surface area (Å²) in [5.41, 5.74) is 0.746. The van der Waals surface area contributed by atoms with Crippen LogP contribution in [0.5, 0.6) is 0 Å². The number of hydrogen-bond donors (Lipinski definition) is 0. The number of carbonyl (C=O) groups is 1. The summed E-state index contributed by atoms with van der Waals surface area (Å²) in [6.07, 6.45) is 0.753. The lowest BCUT2D eigenvalue weighted by Crippen LogP contribution is -2.24. The van der Waals surface area contributed by atoms with E-state index in [-0.39, 0.29) is 5.97 Å². The Hall–Kier alpha value is -1.27. The summed E-state index contributed by atoms with van der Waals surface area (Å²) < 4.78 is 5.35. The van der Waals surface area contributed by atoms with Crippen LogP contribution in [-0.4, -0.2) is 16.9 Å². The predicted molar refractivity (Wildman–Crippen MR) is 76.9 cm³/mol. The van der Waals surface area contributed by atoms with Gasteiger partial charge < -0.3 is 4.74 Å². The average molecular weight is 309 g/mol. The van der Waals surface area contributed by atoms with E-state index in [2.05, 4.69) is 27.8 Å². The molecule has 1 aromatic rings. The van der Waals surface area contributed by atoms with Crippen molar-refractivity contribution in [2.24, 2.45) is 0 Å². The summed E-state index contributed by atoms with van der Waals surface area (Å²) in [5.74, 6) is 5.68. The van der Waals surface area contributed by atoms with Crippen LogP contribution in [0.1, 0.15) is 43.1 Å². The fourth-order valence-corrected chi connectivity index (χ4v) is 1.51. The number of ether oxygens (including phenoxy) is 1. The first-order chi connectivity index (χ1) is 8.44. The van der Waals surface area contributed by atoms with Gasteiger partial charge in [0, 0.05) is 17.3 Å². The van der Waals surface area contributed by atoms with E-state index < -0.39 is 5.60 Å². The fraction of sp³-hybridized carbons (Fsp3) is 0.400. The first kappa shape index (κ1) is 14.8. The van der Waals surface area contributed by atoms with E-state index in [9.17, 15) is 4.79 Å². The highest BCUT2D eigenvalue weighted by molar-refractivity contribution is 9.09. The number of esters is 1. The molecule has 3 heteroatoms. The summed E-state index contributed by atoms with van der Waals surface area (Å²) >= 11 is 3.32. The third-order valence-electron chi connectivity index (χ3n) is 1.99. The molecule has 0 N–H and O–H groups in total. The summed E-state index contributed by atoms with van der Waals surface area (Å²) in [6, 6.07) is 7.26. The number of alkyl halides is 1. The molecule has 0 atom stereocenters. The standard InChI is InChI=1S/C15H17BrO2/c1-15(2,3)18-14(17)13-10-5-4-8-12(13)9-6-7-11-16/h4-5,8,10H,7,11H2,1-3H3. The van der Waals surface area contributed by atoms with Crippen LogP contribution in [-0.2, 0) is 4.74 Å². The lowest BCUT2D eigenvalue weighted by atomic mass is 10.1. The Morgan fingerprint density at radius 3 is 2.61 bits per heavy atom. The largest absolute Gasteiger partial charge is 0.456 e. The number of benzene rings is 1. The minimum Gasteiger partial charge on any atom is -0.456 e. The van der Waals surface area contributed by atoms with Gasteiger partial charge in [0.25, 0.3) is 0 Å². The molecular weight excluding hydrogens is 292 g/mol. The molecule has 0 saturated carbocycles. The number of hydrogen-bond acceptors (Lipinski definition) is 2. The zero-order valence-corrected chi connectivity index (χ0v) is 12.5. The van der Waals surface area contributed by atoms with Crippen molar-refractivity contribution in [1.29, 1.82) is 0 Å². The predicted octanol–water partition coefficient (Wildman–Crippen LogP) is 3.78. The van der Waals surface area contributed by atoms with Crippen molar-refractivity contribution in [1.82, 2.24) is 0 Å². The molecule has 0 aliphatic rings. The third-order valence-corrected chi connectivity index (χ3v) is 2.38. The maximum absolute atomic E-state index is 12.0. The van der Waals surface area contributed by atoms with E-state index in [1.54, 1.807) is 6.07 Å². The smallest absolute Gasteiger partial charge is 0.339 e. The van der Waals surface area contributed by atoms with E-state index in [1.807, 2.05) is 39.0 Å². The van der Waals surface area contributed by atoms with Crippen LogP contribution in [0.15, 0.2) is 24.3 Å². The Morgan fingerprint density at radius 1 is 1.33 bits per heavy atom. The van der Waals surface area contributed by atoms with Crippen LogP contribution < -0.4 is 0 Å². The molecule has 96 valence electrons. The van der Waals surface area contributed by atoms with E-state index in [0.29, 0.717) is 11.1 Å². The second kappa shape index (κ2) is 6.61. The van der Waals surface area contributed by atoms with Gasteiger partial charge in [-0.2, -0.15) is 0 Å². The van der Waals surface area contributed by atoms with Gasteiger partial charge >= 0.3 is 5.97 Å². The molecule has 2 nitrogen and oxygen atoms in total. The lowest BCUT2D eigenvalue weighted by Gasteiger charge is -2.19. The Balaban J connectivity index is 2.96. The van der Waals surface area contributed by atoms with Crippen molar-refractivity contribution in [3.8, 4) is 11.8 Å². The van der Waals surface area contributed by atoms with E-state index in [0.717, 1.165) is 11.8 Å². The lowest BCUT2D eigenvalue weighted by molar-refractivity contribution is 0.00693. The van der Waals surface area contributed by atoms with Crippen molar-refractivity contribution >= 4 is 21.9 Å². The Kier molecular flexibility index (Phi) is 5.43. The molecule has 0 radical (unpaired) electrons. The second-order valence-electron chi connectivity index (χ2n) is 4.79. The van der Waals surface area contributed by atoms with Crippen molar-refractivity contribution in [3.05, 3.63) is 35.4 Å². The van der Waals surface area contributed by atoms with Gasteiger partial charge in [-0.05, 0) is 32.9 Å². The summed E-state index contributed by atoms with van der Waals surface area (Å²) in [7, 11) is 0. The molecule has 0 aliphatic carbocycles. The monoisotopic (exact) mass is 308 g/mol. The molecule has 0 aliphatic heterocycles.